The Morgan fingerprint density at radius 1 is 1.33 bits per heavy atom. The van der Waals surface area contributed by atoms with Gasteiger partial charge in [-0.05, 0) is 12.5 Å². The molecule has 21 heavy (non-hydrogen) atoms. The van der Waals surface area contributed by atoms with Crippen LogP contribution in [0.2, 0.25) is 0 Å². The predicted octanol–water partition coefficient (Wildman–Crippen LogP) is 0.771. The van der Waals surface area contributed by atoms with E-state index in [-0.39, 0.29) is 17.2 Å². The van der Waals surface area contributed by atoms with Crippen LogP contribution in [0.5, 0.6) is 0 Å². The molecule has 0 unspecified atom stereocenters. The smallest absolute Gasteiger partial charge is 0.405 e. The van der Waals surface area contributed by atoms with Crippen LogP contribution in [-0.4, -0.2) is 42.4 Å². The maximum absolute atomic E-state index is 12.0. The first-order valence-corrected chi connectivity index (χ1v) is 6.41. The van der Waals surface area contributed by atoms with Gasteiger partial charge in [-0.2, -0.15) is 0 Å². The molecular weight excluding hydrogens is 278 g/mol. The van der Waals surface area contributed by atoms with E-state index in [9.17, 15) is 14.8 Å². The van der Waals surface area contributed by atoms with E-state index >= 15 is 0 Å². The Bertz CT molecular complexity index is 568. The Morgan fingerprint density at radius 2 is 2.00 bits per heavy atom. The van der Waals surface area contributed by atoms with Gasteiger partial charge in [-0.15, -0.1) is 0 Å². The van der Waals surface area contributed by atoms with Gasteiger partial charge in [-0.25, -0.2) is 4.79 Å². The lowest BCUT2D eigenvalue weighted by Crippen LogP contribution is -2.34. The minimum atomic E-state index is -1.21. The Balaban J connectivity index is 2.43. The Hall–Kier alpha value is -2.57. The quantitative estimate of drug-likeness (QED) is 0.602. The van der Waals surface area contributed by atoms with Crippen molar-refractivity contribution in [3.05, 3.63) is 41.1 Å². The van der Waals surface area contributed by atoms with Gasteiger partial charge in [0.25, 0.3) is 0 Å². The van der Waals surface area contributed by atoms with Gasteiger partial charge in [0.15, 0.2) is 6.10 Å². The zero-order valence-electron chi connectivity index (χ0n) is 11.6. The van der Waals surface area contributed by atoms with Crippen molar-refractivity contribution in [1.82, 2.24) is 0 Å². The van der Waals surface area contributed by atoms with Crippen LogP contribution in [0.15, 0.2) is 30.3 Å². The van der Waals surface area contributed by atoms with Crippen LogP contribution in [0, 0.1) is 5.21 Å². The maximum Gasteiger partial charge on any atom is 0.405 e. The van der Waals surface area contributed by atoms with Crippen molar-refractivity contribution in [2.24, 2.45) is 0 Å². The van der Waals surface area contributed by atoms with Gasteiger partial charge >= 0.3 is 17.7 Å². The summed E-state index contributed by atoms with van der Waals surface area (Å²) in [5.41, 5.74) is 0.316. The van der Waals surface area contributed by atoms with Crippen LogP contribution in [0.3, 0.4) is 0 Å². The van der Waals surface area contributed by atoms with Gasteiger partial charge in [-0.3, -0.25) is 10.0 Å². The van der Waals surface area contributed by atoms with Crippen LogP contribution in [0.4, 0.5) is 0 Å². The van der Waals surface area contributed by atoms with Gasteiger partial charge in [0, 0.05) is 0 Å². The van der Waals surface area contributed by atoms with E-state index in [4.69, 9.17) is 9.57 Å². The molecule has 0 saturated carbocycles. The molecule has 2 rings (SSSR count). The number of carbonyl (C=O) groups is 2. The third-order valence-electron chi connectivity index (χ3n) is 3.08. The first-order chi connectivity index (χ1) is 10.1. The Morgan fingerprint density at radius 3 is 2.57 bits per heavy atom. The largest absolute Gasteiger partial charge is 0.465 e. The lowest BCUT2D eigenvalue weighted by molar-refractivity contribution is -0.736. The third-order valence-corrected chi connectivity index (χ3v) is 3.08. The molecule has 0 amide bonds. The standard InChI is InChI=1S/C14H15NO6/c1-3-20-14(17)12-10(9-7-5-4-6-8-9)11(13(16)19-2)15(18)21-12/h4-8,10,12H,3H2,1-2H3/t10-,12-/m1/s1. The molecule has 0 aromatic heterocycles. The molecule has 0 N–H and O–H groups in total. The second-order valence-electron chi connectivity index (χ2n) is 4.30. The normalized spacial score (nSPS) is 20.9. The molecule has 1 heterocycles. The summed E-state index contributed by atoms with van der Waals surface area (Å²) in [5, 5.41) is 11.8. The summed E-state index contributed by atoms with van der Waals surface area (Å²) in [6.07, 6.45) is -1.21. The molecule has 112 valence electrons. The molecule has 0 radical (unpaired) electrons. The van der Waals surface area contributed by atoms with Crippen molar-refractivity contribution in [1.29, 1.82) is 0 Å². The molecule has 2 atom stereocenters. The van der Waals surface area contributed by atoms with Gasteiger partial charge in [0.05, 0.1) is 18.6 Å². The number of hydrogen-bond acceptors (Lipinski definition) is 6. The lowest BCUT2D eigenvalue weighted by atomic mass is 9.89. The molecular formula is C14H15NO6. The average molecular weight is 293 g/mol. The monoisotopic (exact) mass is 293 g/mol. The van der Waals surface area contributed by atoms with E-state index in [1.807, 2.05) is 0 Å². The second-order valence-corrected chi connectivity index (χ2v) is 4.30. The summed E-state index contributed by atoms with van der Waals surface area (Å²) in [7, 11) is 1.16. The van der Waals surface area contributed by atoms with Crippen molar-refractivity contribution >= 4 is 17.7 Å². The average Bonchev–Trinajstić information content (AvgIpc) is 2.85. The van der Waals surface area contributed by atoms with Crippen LogP contribution in [0.1, 0.15) is 18.4 Å². The fraction of sp³-hybridized carbons (Fsp3) is 0.357. The lowest BCUT2D eigenvalue weighted by Gasteiger charge is -2.17. The highest BCUT2D eigenvalue weighted by atomic mass is 16.9. The highest BCUT2D eigenvalue weighted by Crippen LogP contribution is 2.30. The number of hydrogen-bond donors (Lipinski definition) is 0. The summed E-state index contributed by atoms with van der Waals surface area (Å²) < 4.78 is 9.49. The predicted molar refractivity (Wildman–Crippen MR) is 71.3 cm³/mol. The SMILES string of the molecule is CCOC(=O)[C@@H]1O[N+]([O-])=C(C(=O)OC)[C@H]1c1ccccc1. The molecule has 0 bridgehead atoms. The number of carbonyl (C=O) groups excluding carboxylic acids is 2. The molecule has 1 aromatic rings. The molecule has 7 nitrogen and oxygen atoms in total. The molecule has 0 fully saturated rings. The third kappa shape index (κ3) is 2.81. The van der Waals surface area contributed by atoms with E-state index in [0.29, 0.717) is 5.56 Å². The summed E-state index contributed by atoms with van der Waals surface area (Å²) in [5.74, 6) is -2.41. The van der Waals surface area contributed by atoms with Crippen LogP contribution in [0.25, 0.3) is 0 Å². The van der Waals surface area contributed by atoms with Gasteiger partial charge < -0.3 is 14.3 Å². The molecule has 0 aliphatic carbocycles. The van der Waals surface area contributed by atoms with Crippen molar-refractivity contribution in [2.45, 2.75) is 18.9 Å². The number of benzene rings is 1. The fourth-order valence-corrected chi connectivity index (χ4v) is 2.18. The molecule has 1 aliphatic rings. The van der Waals surface area contributed by atoms with E-state index in [1.165, 1.54) is 0 Å². The second kappa shape index (κ2) is 6.25. The number of methoxy groups -OCH3 is 1. The highest BCUT2D eigenvalue weighted by molar-refractivity contribution is 6.37. The van der Waals surface area contributed by atoms with Gasteiger partial charge in [-0.1, -0.05) is 30.3 Å². The minimum absolute atomic E-state index is 0.0328. The molecule has 0 saturated heterocycles. The maximum atomic E-state index is 12.0. The summed E-state index contributed by atoms with van der Waals surface area (Å²) in [6, 6.07) is 8.65. The molecule has 1 aromatic carbocycles. The summed E-state index contributed by atoms with van der Waals surface area (Å²) in [4.78, 5) is 28.7. The number of rotatable bonds is 4. The van der Waals surface area contributed by atoms with E-state index in [2.05, 4.69) is 4.74 Å². The summed E-state index contributed by atoms with van der Waals surface area (Å²) >= 11 is 0. The van der Waals surface area contributed by atoms with Gasteiger partial charge in [0.2, 0.25) is 0 Å². The van der Waals surface area contributed by atoms with Crippen molar-refractivity contribution in [3.8, 4) is 0 Å². The van der Waals surface area contributed by atoms with Crippen LogP contribution >= 0.6 is 0 Å². The molecule has 1 aliphatic heterocycles. The van der Waals surface area contributed by atoms with E-state index < -0.39 is 24.0 Å². The minimum Gasteiger partial charge on any atom is -0.465 e. The van der Waals surface area contributed by atoms with Crippen LogP contribution in [-0.2, 0) is 23.9 Å². The highest BCUT2D eigenvalue weighted by Gasteiger charge is 2.50. The zero-order chi connectivity index (χ0) is 15.4. The van der Waals surface area contributed by atoms with Gasteiger partial charge in [0.1, 0.15) is 5.92 Å². The van der Waals surface area contributed by atoms with E-state index in [0.717, 1.165) is 7.11 Å². The fourth-order valence-electron chi connectivity index (χ4n) is 2.18. The summed E-state index contributed by atoms with van der Waals surface area (Å²) in [6.45, 7) is 1.79. The number of ether oxygens (including phenoxy) is 2. The van der Waals surface area contributed by atoms with E-state index in [1.54, 1.807) is 37.3 Å². The zero-order valence-corrected chi connectivity index (χ0v) is 11.6. The Kier molecular flexibility index (Phi) is 4.42. The first-order valence-electron chi connectivity index (χ1n) is 6.41. The number of esters is 2. The molecule has 7 heteroatoms. The van der Waals surface area contributed by atoms with Crippen molar-refractivity contribution in [2.75, 3.05) is 13.7 Å². The number of nitrogens with zero attached hydrogens (tertiary/aromatic N) is 1. The molecule has 0 spiro atoms. The first kappa shape index (κ1) is 14.8. The topological polar surface area (TPSA) is 87.9 Å². The van der Waals surface area contributed by atoms with Crippen LogP contribution < -0.4 is 0 Å². The van der Waals surface area contributed by atoms with Crippen molar-refractivity contribution < 1.29 is 28.8 Å². The van der Waals surface area contributed by atoms with Crippen molar-refractivity contribution in [3.63, 3.8) is 0 Å². The Labute approximate surface area is 121 Å².